The van der Waals surface area contributed by atoms with Crippen LogP contribution in [0.5, 0.6) is 5.75 Å². The summed E-state index contributed by atoms with van der Waals surface area (Å²) in [7, 11) is 3.10. The second-order valence-electron chi connectivity index (χ2n) is 4.01. The molecule has 0 amide bonds. The molecule has 0 saturated carbocycles. The van der Waals surface area contributed by atoms with E-state index in [-0.39, 0.29) is 0 Å². The van der Waals surface area contributed by atoms with Crippen LogP contribution < -0.4 is 10.1 Å². The van der Waals surface area contributed by atoms with Gasteiger partial charge in [0.2, 0.25) is 0 Å². The van der Waals surface area contributed by atoms with Crippen LogP contribution >= 0.6 is 15.9 Å². The smallest absolute Gasteiger partial charge is 0.278 e. The first-order chi connectivity index (χ1) is 9.10. The van der Waals surface area contributed by atoms with Crippen LogP contribution in [-0.4, -0.2) is 18.9 Å². The molecule has 0 radical (unpaired) electrons. The van der Waals surface area contributed by atoms with Crippen molar-refractivity contribution < 1.29 is 9.50 Å². The van der Waals surface area contributed by atoms with Crippen molar-refractivity contribution in [3.8, 4) is 5.75 Å². The molecule has 0 bridgehead atoms. The Morgan fingerprint density at radius 2 is 1.84 bits per heavy atom. The predicted octanol–water partition coefficient (Wildman–Crippen LogP) is 4.24. The number of nitroso groups, excluding NO2 is 1. The zero-order valence-corrected chi connectivity index (χ0v) is 12.3. The molecule has 0 atom stereocenters. The number of anilines is 2. The lowest BCUT2D eigenvalue weighted by Crippen LogP contribution is -1.98. The zero-order chi connectivity index (χ0) is 13.8. The Hall–Kier alpha value is -1.88. The highest BCUT2D eigenvalue weighted by Gasteiger charge is 2.14. The molecule has 0 heterocycles. The third kappa shape index (κ3) is 3.32. The molecule has 1 N–H and O–H groups in total. The highest BCUT2D eigenvalue weighted by atomic mass is 79.9. The van der Waals surface area contributed by atoms with Gasteiger partial charge in [-0.15, -0.1) is 0 Å². The molecule has 0 fully saturated rings. The van der Waals surface area contributed by atoms with E-state index in [2.05, 4.69) is 21.2 Å². The molecule has 0 aromatic heterocycles. The van der Waals surface area contributed by atoms with Crippen molar-refractivity contribution >= 4 is 33.0 Å². The molecule has 0 saturated heterocycles. The molecule has 2 rings (SSSR count). The number of benzene rings is 2. The molecule has 0 aliphatic rings. The van der Waals surface area contributed by atoms with E-state index in [1.54, 1.807) is 13.2 Å². The van der Waals surface area contributed by atoms with Gasteiger partial charge >= 0.3 is 0 Å². The third-order valence-electron chi connectivity index (χ3n) is 2.67. The average molecular weight is 322 g/mol. The standard InChI is InChI=1S/C14H14BrN2O2/c1-17(18)14-8-3-10(15)9-13(14)16-11-4-6-12(19-2)7-5-11/h3-9,16H,1-2H3/q+1. The van der Waals surface area contributed by atoms with Gasteiger partial charge in [-0.2, -0.15) is 0 Å². The van der Waals surface area contributed by atoms with Crippen molar-refractivity contribution in [1.29, 1.82) is 0 Å². The van der Waals surface area contributed by atoms with E-state index >= 15 is 0 Å². The Morgan fingerprint density at radius 1 is 1.16 bits per heavy atom. The molecule has 98 valence electrons. The van der Waals surface area contributed by atoms with Gasteiger partial charge in [-0.05, 0) is 36.4 Å². The average Bonchev–Trinajstić information content (AvgIpc) is 2.39. The fraction of sp³-hybridized carbons (Fsp3) is 0.143. The van der Waals surface area contributed by atoms with E-state index in [1.165, 1.54) is 7.05 Å². The summed E-state index contributed by atoms with van der Waals surface area (Å²) in [5, 5.41) is 3.22. The highest BCUT2D eigenvalue weighted by Crippen LogP contribution is 2.30. The Morgan fingerprint density at radius 3 is 2.42 bits per heavy atom. The summed E-state index contributed by atoms with van der Waals surface area (Å²) < 4.78 is 6.85. The van der Waals surface area contributed by atoms with Crippen LogP contribution in [-0.2, 0) is 0 Å². The van der Waals surface area contributed by atoms with Gasteiger partial charge in [-0.3, -0.25) is 0 Å². The fourth-order valence-corrected chi connectivity index (χ4v) is 2.07. The van der Waals surface area contributed by atoms with Crippen molar-refractivity contribution in [2.24, 2.45) is 0 Å². The third-order valence-corrected chi connectivity index (χ3v) is 3.16. The summed E-state index contributed by atoms with van der Waals surface area (Å²) in [6.07, 6.45) is 0. The number of ether oxygens (including phenoxy) is 1. The number of halogens is 1. The van der Waals surface area contributed by atoms with E-state index in [9.17, 15) is 4.91 Å². The minimum atomic E-state index is 0.582. The first-order valence-corrected chi connectivity index (χ1v) is 6.51. The second kappa shape index (κ2) is 5.84. The molecule has 4 nitrogen and oxygen atoms in total. The maximum atomic E-state index is 11.5. The largest absolute Gasteiger partial charge is 0.497 e. The van der Waals surface area contributed by atoms with Gasteiger partial charge in [0.25, 0.3) is 5.69 Å². The minimum Gasteiger partial charge on any atom is -0.497 e. The van der Waals surface area contributed by atoms with Gasteiger partial charge in [-0.25, -0.2) is 0 Å². The van der Waals surface area contributed by atoms with Gasteiger partial charge in [0.15, 0.2) is 7.05 Å². The van der Waals surface area contributed by atoms with E-state index in [0.29, 0.717) is 5.69 Å². The number of nitrogens with zero attached hydrogens (tertiary/aromatic N) is 1. The van der Waals surface area contributed by atoms with E-state index in [1.807, 2.05) is 36.4 Å². The van der Waals surface area contributed by atoms with E-state index in [4.69, 9.17) is 4.74 Å². The summed E-state index contributed by atoms with van der Waals surface area (Å²) in [5.41, 5.74) is 2.22. The topological polar surface area (TPSA) is 41.3 Å². The Balaban J connectivity index is 2.31. The van der Waals surface area contributed by atoms with Gasteiger partial charge in [0.1, 0.15) is 11.4 Å². The van der Waals surface area contributed by atoms with Gasteiger partial charge in [0, 0.05) is 25.9 Å². The normalized spacial score (nSPS) is 10.1. The number of hydrogen-bond donors (Lipinski definition) is 1. The maximum Gasteiger partial charge on any atom is 0.278 e. The Labute approximate surface area is 120 Å². The summed E-state index contributed by atoms with van der Waals surface area (Å²) >= 11 is 3.40. The van der Waals surface area contributed by atoms with Gasteiger partial charge < -0.3 is 10.1 Å². The van der Waals surface area contributed by atoms with E-state index < -0.39 is 0 Å². The molecule has 2 aromatic rings. The molecule has 19 heavy (non-hydrogen) atoms. The van der Waals surface area contributed by atoms with Gasteiger partial charge in [-0.1, -0.05) is 15.9 Å². The lowest BCUT2D eigenvalue weighted by atomic mass is 10.2. The van der Waals surface area contributed by atoms with Crippen molar-refractivity contribution in [3.05, 3.63) is 51.8 Å². The molecular formula is C14H14BrN2O2+. The number of rotatable bonds is 4. The first-order valence-electron chi connectivity index (χ1n) is 5.71. The molecule has 2 aromatic carbocycles. The Kier molecular flexibility index (Phi) is 4.16. The van der Waals surface area contributed by atoms with Crippen LogP contribution in [0.25, 0.3) is 0 Å². The van der Waals surface area contributed by atoms with Crippen LogP contribution in [0, 0.1) is 4.91 Å². The Bertz CT molecular complexity index is 597. The maximum absolute atomic E-state index is 11.5. The minimum absolute atomic E-state index is 0.582. The SMILES string of the molecule is COc1ccc(Nc2cc(Br)ccc2[N+](C)=O)cc1. The number of methoxy groups -OCH3 is 1. The van der Waals surface area contributed by atoms with Crippen LogP contribution in [0.3, 0.4) is 0 Å². The van der Waals surface area contributed by atoms with Crippen molar-refractivity contribution in [2.45, 2.75) is 0 Å². The fourth-order valence-electron chi connectivity index (χ4n) is 1.71. The molecular weight excluding hydrogens is 308 g/mol. The molecule has 0 unspecified atom stereocenters. The second-order valence-corrected chi connectivity index (χ2v) is 4.93. The molecule has 5 heteroatoms. The predicted molar refractivity (Wildman–Crippen MR) is 79.6 cm³/mol. The lowest BCUT2D eigenvalue weighted by Gasteiger charge is -2.08. The molecule has 0 aliphatic carbocycles. The first kappa shape index (κ1) is 13.5. The quantitative estimate of drug-likeness (QED) is 0.856. The van der Waals surface area contributed by atoms with Crippen LogP contribution in [0.1, 0.15) is 0 Å². The zero-order valence-electron chi connectivity index (χ0n) is 10.7. The van der Waals surface area contributed by atoms with Crippen LogP contribution in [0.2, 0.25) is 0 Å². The monoisotopic (exact) mass is 321 g/mol. The van der Waals surface area contributed by atoms with E-state index in [0.717, 1.165) is 26.4 Å². The molecule has 0 aliphatic heterocycles. The van der Waals surface area contributed by atoms with Crippen molar-refractivity contribution in [1.82, 2.24) is 0 Å². The summed E-state index contributed by atoms with van der Waals surface area (Å²) in [4.78, 5) is 11.5. The van der Waals surface area contributed by atoms with Crippen molar-refractivity contribution in [2.75, 3.05) is 19.5 Å². The number of nitrogens with one attached hydrogen (secondary N) is 1. The summed E-state index contributed by atoms with van der Waals surface area (Å²) in [5.74, 6) is 0.793. The summed E-state index contributed by atoms with van der Waals surface area (Å²) in [6, 6.07) is 13.0. The van der Waals surface area contributed by atoms with Crippen LogP contribution in [0.15, 0.2) is 46.9 Å². The van der Waals surface area contributed by atoms with Crippen molar-refractivity contribution in [3.63, 3.8) is 0 Å². The van der Waals surface area contributed by atoms with Crippen LogP contribution in [0.4, 0.5) is 17.1 Å². The van der Waals surface area contributed by atoms with Gasteiger partial charge in [0.05, 0.1) is 7.11 Å². The lowest BCUT2D eigenvalue weighted by molar-refractivity contribution is -0.427. The number of hydrogen-bond acceptors (Lipinski definition) is 3. The molecule has 0 spiro atoms. The highest BCUT2D eigenvalue weighted by molar-refractivity contribution is 9.10. The summed E-state index contributed by atoms with van der Waals surface area (Å²) in [6.45, 7) is 0.